The summed E-state index contributed by atoms with van der Waals surface area (Å²) in [6.45, 7) is 0.859. The highest BCUT2D eigenvalue weighted by Gasteiger charge is 2.44. The Kier molecular flexibility index (Phi) is 6.75. The first-order chi connectivity index (χ1) is 16.3. The molecule has 0 unspecified atom stereocenters. The van der Waals surface area contributed by atoms with E-state index < -0.39 is 43.0 Å². The Morgan fingerprint density at radius 2 is 1.79 bits per heavy atom. The van der Waals surface area contributed by atoms with Gasteiger partial charge in [0.1, 0.15) is 30.4 Å². The van der Waals surface area contributed by atoms with E-state index in [0.717, 1.165) is 10.9 Å². The van der Waals surface area contributed by atoms with Gasteiger partial charge in [-0.1, -0.05) is 18.2 Å². The predicted molar refractivity (Wildman–Crippen MR) is 115 cm³/mol. The first-order valence-electron chi connectivity index (χ1n) is 10.5. The lowest BCUT2D eigenvalue weighted by atomic mass is 10.1. The molecule has 3 heterocycles. The molecule has 4 atom stereocenters. The number of aromatic nitrogens is 4. The highest BCUT2D eigenvalue weighted by Crippen LogP contribution is 2.30. The van der Waals surface area contributed by atoms with Gasteiger partial charge < -0.3 is 24.9 Å². The Morgan fingerprint density at radius 3 is 2.44 bits per heavy atom. The highest BCUT2D eigenvalue weighted by molar-refractivity contribution is 5.95. The summed E-state index contributed by atoms with van der Waals surface area (Å²) >= 11 is 0. The van der Waals surface area contributed by atoms with E-state index in [1.165, 1.54) is 17.8 Å². The summed E-state index contributed by atoms with van der Waals surface area (Å²) in [5.74, 6) is -1.30. The van der Waals surface area contributed by atoms with Crippen molar-refractivity contribution in [3.63, 3.8) is 0 Å². The van der Waals surface area contributed by atoms with Gasteiger partial charge in [0, 0.05) is 18.4 Å². The fourth-order valence-electron chi connectivity index (χ4n) is 3.65. The number of rotatable bonds is 6. The minimum atomic E-state index is -1.38. The first-order valence-corrected chi connectivity index (χ1v) is 10.5. The summed E-state index contributed by atoms with van der Waals surface area (Å²) in [6, 6.07) is 8.24. The van der Waals surface area contributed by atoms with Crippen molar-refractivity contribution < 1.29 is 34.4 Å². The van der Waals surface area contributed by atoms with Gasteiger partial charge in [0.15, 0.2) is 22.9 Å². The number of ketones is 1. The van der Waals surface area contributed by atoms with E-state index >= 15 is 0 Å². The van der Waals surface area contributed by atoms with Crippen LogP contribution in [0.1, 0.15) is 41.1 Å². The van der Waals surface area contributed by atoms with E-state index in [1.807, 2.05) is 0 Å². The fourth-order valence-corrected chi connectivity index (χ4v) is 3.65. The maximum Gasteiger partial charge on any atom is 0.279 e. The van der Waals surface area contributed by atoms with Crippen molar-refractivity contribution in [2.45, 2.75) is 44.3 Å². The van der Waals surface area contributed by atoms with E-state index in [1.54, 1.807) is 30.3 Å². The highest BCUT2D eigenvalue weighted by atomic mass is 16.6. The fraction of sp³-hybridized carbons (Fsp3) is 0.364. The van der Waals surface area contributed by atoms with E-state index in [9.17, 15) is 29.7 Å². The van der Waals surface area contributed by atoms with Gasteiger partial charge >= 0.3 is 0 Å². The second-order valence-electron chi connectivity index (χ2n) is 7.87. The van der Waals surface area contributed by atoms with Crippen molar-refractivity contribution in [2.75, 3.05) is 6.61 Å². The molecule has 3 aromatic rings. The van der Waals surface area contributed by atoms with Gasteiger partial charge in [-0.15, -0.1) is 0 Å². The van der Waals surface area contributed by atoms with Crippen LogP contribution in [-0.2, 0) is 9.53 Å². The summed E-state index contributed by atoms with van der Waals surface area (Å²) in [7, 11) is 0. The Labute approximate surface area is 192 Å². The van der Waals surface area contributed by atoms with Gasteiger partial charge in [-0.3, -0.25) is 18.7 Å². The molecule has 12 heteroatoms. The lowest BCUT2D eigenvalue weighted by Gasteiger charge is -2.16. The Hall–Kier alpha value is -3.58. The molecule has 3 N–H and O–H groups in total. The van der Waals surface area contributed by atoms with Crippen LogP contribution in [0, 0.1) is 0 Å². The number of hydrogen-bond donors (Lipinski definition) is 3. The molecule has 1 amide bonds. The van der Waals surface area contributed by atoms with Crippen LogP contribution in [0.25, 0.3) is 11.2 Å². The Bertz CT molecular complexity index is 1300. The maximum absolute atomic E-state index is 12.8. The molecule has 0 radical (unpaired) electrons. The smallest absolute Gasteiger partial charge is 0.279 e. The number of aliphatic hydroxyl groups is 3. The second-order valence-corrected chi connectivity index (χ2v) is 7.87. The van der Waals surface area contributed by atoms with Crippen LogP contribution in [0.3, 0.4) is 0 Å². The molecule has 0 saturated carbocycles. The van der Waals surface area contributed by atoms with Crippen molar-refractivity contribution in [1.29, 1.82) is 0 Å². The third-order valence-corrected chi connectivity index (χ3v) is 5.48. The van der Waals surface area contributed by atoms with E-state index in [-0.39, 0.29) is 40.8 Å². The third-order valence-electron chi connectivity index (χ3n) is 5.48. The number of fused-ring (bicyclic) bond motifs is 1. The summed E-state index contributed by atoms with van der Waals surface area (Å²) in [5, 5.41) is 29.8. The van der Waals surface area contributed by atoms with Gasteiger partial charge in [-0.05, 0) is 19.1 Å². The minimum absolute atomic E-state index is 0.00687. The number of Topliss-reactive ketones (excluding diaryl/α,β-unsaturated/α-hetero) is 1. The molecule has 0 bridgehead atoms. The molecule has 1 aliphatic rings. The summed E-state index contributed by atoms with van der Waals surface area (Å²) in [4.78, 5) is 49.6. The van der Waals surface area contributed by atoms with Crippen LogP contribution in [0.5, 0.6) is 0 Å². The zero-order chi connectivity index (χ0) is 24.4. The number of nitrogens with zero attached hydrogens (tertiary/aromatic N) is 5. The van der Waals surface area contributed by atoms with Crippen LogP contribution < -0.4 is 5.49 Å². The predicted octanol–water partition coefficient (Wildman–Crippen LogP) is -0.405. The number of benzene rings is 1. The molecule has 1 fully saturated rings. The largest absolute Gasteiger partial charge is 0.394 e. The van der Waals surface area contributed by atoms with E-state index in [2.05, 4.69) is 15.0 Å². The lowest BCUT2D eigenvalue weighted by Crippen LogP contribution is -2.33. The third kappa shape index (κ3) is 4.43. The molecule has 0 aliphatic carbocycles. The van der Waals surface area contributed by atoms with Crippen molar-refractivity contribution >= 4 is 28.8 Å². The quantitative estimate of drug-likeness (QED) is 0.434. The normalized spacial score (nSPS) is 22.9. The number of hydrogen-bond acceptors (Lipinski definition) is 9. The van der Waals surface area contributed by atoms with Gasteiger partial charge in [0.2, 0.25) is 5.91 Å². The summed E-state index contributed by atoms with van der Waals surface area (Å²) < 4.78 is 7.93. The number of carbonyl (C=O) groups excluding carboxylic acids is 3. The van der Waals surface area contributed by atoms with Crippen LogP contribution in [0.4, 0.5) is 0 Å². The summed E-state index contributed by atoms with van der Waals surface area (Å²) in [5.41, 5.74) is 0.391. The van der Waals surface area contributed by atoms with Gasteiger partial charge in [-0.25, -0.2) is 9.97 Å². The lowest BCUT2D eigenvalue weighted by molar-refractivity contribution is -0.117. The zero-order valence-electron chi connectivity index (χ0n) is 18.2. The number of amides is 1. The van der Waals surface area contributed by atoms with E-state index in [0.29, 0.717) is 0 Å². The number of imidazole rings is 1. The standard InChI is InChI=1S/C22H23N5O7/c1-12(29)7-8-15(30)26-11-24-19-16(20(26)25-21(33)13-5-3-2-4-6-13)23-10-27(19)22-18(32)17(31)14(9-28)34-22/h2-6,10-11,14,17-18,22,28,31-32H,7-9H2,1H3/t14-,17-,18-,22-/m1/s1. The zero-order valence-corrected chi connectivity index (χ0v) is 18.2. The van der Waals surface area contributed by atoms with Crippen molar-refractivity contribution in [3.8, 4) is 0 Å². The molecular formula is C22H23N5O7. The van der Waals surface area contributed by atoms with Crippen LogP contribution in [0.15, 0.2) is 48.0 Å². The molecule has 178 valence electrons. The first kappa shape index (κ1) is 23.6. The Balaban J connectivity index is 1.84. The minimum Gasteiger partial charge on any atom is -0.394 e. The molecule has 0 spiro atoms. The average molecular weight is 469 g/mol. The number of carbonyl (C=O) groups is 3. The second kappa shape index (κ2) is 9.73. The number of ether oxygens (including phenoxy) is 1. The topological polar surface area (TPSA) is 169 Å². The van der Waals surface area contributed by atoms with Crippen molar-refractivity contribution in [2.24, 2.45) is 4.99 Å². The van der Waals surface area contributed by atoms with Crippen LogP contribution >= 0.6 is 0 Å². The molecule has 34 heavy (non-hydrogen) atoms. The van der Waals surface area contributed by atoms with Gasteiger partial charge in [-0.2, -0.15) is 4.99 Å². The van der Waals surface area contributed by atoms with Crippen LogP contribution in [0.2, 0.25) is 0 Å². The molecular weight excluding hydrogens is 446 g/mol. The monoisotopic (exact) mass is 469 g/mol. The van der Waals surface area contributed by atoms with Crippen molar-refractivity contribution in [1.82, 2.24) is 19.1 Å². The molecule has 4 rings (SSSR count). The molecule has 1 aliphatic heterocycles. The van der Waals surface area contributed by atoms with Crippen molar-refractivity contribution in [3.05, 3.63) is 54.0 Å². The molecule has 2 aromatic heterocycles. The SMILES string of the molecule is CC(=O)CCC(=O)n1cnc2c(ncn2[C@@H]2O[C@H](CO)[C@@H](O)[C@H]2O)c1=NC(=O)c1ccccc1. The van der Waals surface area contributed by atoms with E-state index in [4.69, 9.17) is 4.74 Å². The summed E-state index contributed by atoms with van der Waals surface area (Å²) in [6.07, 6.45) is -2.53. The molecule has 1 saturated heterocycles. The average Bonchev–Trinajstić information content (AvgIpc) is 3.39. The van der Waals surface area contributed by atoms with Crippen LogP contribution in [-0.4, -0.2) is 76.9 Å². The Morgan fingerprint density at radius 1 is 1.06 bits per heavy atom. The van der Waals surface area contributed by atoms with Gasteiger partial charge in [0.05, 0.1) is 12.9 Å². The number of aliphatic hydroxyl groups excluding tert-OH is 3. The maximum atomic E-state index is 12.8. The molecule has 12 nitrogen and oxygen atoms in total. The molecule has 1 aromatic carbocycles. The van der Waals surface area contributed by atoms with Gasteiger partial charge in [0.25, 0.3) is 5.91 Å².